The summed E-state index contributed by atoms with van der Waals surface area (Å²) in [7, 11) is 0. The van der Waals surface area contributed by atoms with Gasteiger partial charge in [-0.05, 0) is 36.8 Å². The molecule has 0 saturated carbocycles. The maximum Gasteiger partial charge on any atom is 0.255 e. The molecule has 0 atom stereocenters. The number of halogens is 4. The molecule has 2 aromatic rings. The molecular formula is C22H21ClF3N3O3. The molecule has 0 spiro atoms. The van der Waals surface area contributed by atoms with Crippen molar-refractivity contribution >= 4 is 29.3 Å². The highest BCUT2D eigenvalue weighted by Crippen LogP contribution is 2.20. The minimum Gasteiger partial charge on any atom is -0.352 e. The Bertz CT molecular complexity index is 1030. The van der Waals surface area contributed by atoms with Crippen molar-refractivity contribution in [2.24, 2.45) is 0 Å². The lowest BCUT2D eigenvalue weighted by Crippen LogP contribution is -2.50. The molecule has 6 nitrogen and oxygen atoms in total. The second-order valence-electron chi connectivity index (χ2n) is 7.28. The number of carbonyl (C=O) groups is 3. The molecule has 0 aromatic heterocycles. The van der Waals surface area contributed by atoms with E-state index in [0.717, 1.165) is 18.2 Å². The molecule has 10 heteroatoms. The maximum absolute atomic E-state index is 13.6. The molecule has 0 bridgehead atoms. The summed E-state index contributed by atoms with van der Waals surface area (Å²) in [5.41, 5.74) is -0.0547. The average Bonchev–Trinajstić information content (AvgIpc) is 2.76. The number of hydrogen-bond donors (Lipinski definition) is 1. The lowest BCUT2D eigenvalue weighted by molar-refractivity contribution is -0.132. The molecule has 170 valence electrons. The Labute approximate surface area is 187 Å². The summed E-state index contributed by atoms with van der Waals surface area (Å²) in [5.74, 6) is -3.38. The number of rotatable bonds is 6. The van der Waals surface area contributed by atoms with Crippen LogP contribution in [0.3, 0.4) is 0 Å². The molecule has 0 aliphatic carbocycles. The third-order valence-electron chi connectivity index (χ3n) is 5.11. The SMILES string of the molecule is O=C(NCCCC(=O)N1CCN(C(=O)c2ccc(F)cc2Cl)CC1)c1ccc(F)cc1F. The zero-order valence-corrected chi connectivity index (χ0v) is 17.8. The minimum absolute atomic E-state index is 0.0380. The van der Waals surface area contributed by atoms with E-state index in [1.54, 1.807) is 9.80 Å². The van der Waals surface area contributed by atoms with Gasteiger partial charge < -0.3 is 15.1 Å². The van der Waals surface area contributed by atoms with Crippen LogP contribution >= 0.6 is 11.6 Å². The first-order valence-corrected chi connectivity index (χ1v) is 10.4. The number of nitrogens with zero attached hydrogens (tertiary/aromatic N) is 2. The molecular weight excluding hydrogens is 447 g/mol. The topological polar surface area (TPSA) is 69.7 Å². The van der Waals surface area contributed by atoms with Crippen LogP contribution in [0.25, 0.3) is 0 Å². The highest BCUT2D eigenvalue weighted by Gasteiger charge is 2.26. The smallest absolute Gasteiger partial charge is 0.255 e. The molecule has 1 fully saturated rings. The fraction of sp³-hybridized carbons (Fsp3) is 0.318. The van der Waals surface area contributed by atoms with Gasteiger partial charge in [0.2, 0.25) is 5.91 Å². The highest BCUT2D eigenvalue weighted by molar-refractivity contribution is 6.33. The summed E-state index contributed by atoms with van der Waals surface area (Å²) in [6.45, 7) is 1.48. The molecule has 0 unspecified atom stereocenters. The van der Waals surface area contributed by atoms with Gasteiger partial charge in [0.1, 0.15) is 17.5 Å². The normalized spacial score (nSPS) is 13.8. The van der Waals surface area contributed by atoms with E-state index in [1.807, 2.05) is 0 Å². The first-order valence-electron chi connectivity index (χ1n) is 10.0. The second kappa shape index (κ2) is 10.5. The van der Waals surface area contributed by atoms with Gasteiger partial charge in [0, 0.05) is 45.2 Å². The largest absolute Gasteiger partial charge is 0.352 e. The van der Waals surface area contributed by atoms with Gasteiger partial charge in [-0.2, -0.15) is 0 Å². The van der Waals surface area contributed by atoms with Crippen molar-refractivity contribution in [1.29, 1.82) is 0 Å². The lowest BCUT2D eigenvalue weighted by atomic mass is 10.1. The molecule has 1 N–H and O–H groups in total. The van der Waals surface area contributed by atoms with E-state index < -0.39 is 23.4 Å². The van der Waals surface area contributed by atoms with Crippen molar-refractivity contribution in [3.05, 3.63) is 70.0 Å². The van der Waals surface area contributed by atoms with Crippen molar-refractivity contribution in [3.8, 4) is 0 Å². The van der Waals surface area contributed by atoms with Gasteiger partial charge in [0.25, 0.3) is 11.8 Å². The first-order chi connectivity index (χ1) is 15.3. The second-order valence-corrected chi connectivity index (χ2v) is 7.69. The Balaban J connectivity index is 1.41. The summed E-state index contributed by atoms with van der Waals surface area (Å²) in [6, 6.07) is 6.28. The molecule has 1 aliphatic heterocycles. The van der Waals surface area contributed by atoms with E-state index in [-0.39, 0.29) is 40.9 Å². The average molecular weight is 468 g/mol. The van der Waals surface area contributed by atoms with Crippen LogP contribution in [-0.4, -0.2) is 60.2 Å². The molecule has 1 saturated heterocycles. The fourth-order valence-corrected chi connectivity index (χ4v) is 3.61. The Morgan fingerprint density at radius 1 is 0.875 bits per heavy atom. The van der Waals surface area contributed by atoms with Crippen LogP contribution < -0.4 is 5.32 Å². The third kappa shape index (κ3) is 5.79. The van der Waals surface area contributed by atoms with Crippen LogP contribution in [0.2, 0.25) is 5.02 Å². The zero-order valence-electron chi connectivity index (χ0n) is 17.0. The summed E-state index contributed by atoms with van der Waals surface area (Å²) in [6.07, 6.45) is 0.516. The van der Waals surface area contributed by atoms with Crippen LogP contribution in [0, 0.1) is 17.5 Å². The summed E-state index contributed by atoms with van der Waals surface area (Å²) in [4.78, 5) is 40.1. The van der Waals surface area contributed by atoms with Crippen LogP contribution in [0.4, 0.5) is 13.2 Å². The summed E-state index contributed by atoms with van der Waals surface area (Å²) >= 11 is 5.95. The third-order valence-corrected chi connectivity index (χ3v) is 5.42. The molecule has 3 amide bonds. The van der Waals surface area contributed by atoms with E-state index in [4.69, 9.17) is 11.6 Å². The van der Waals surface area contributed by atoms with E-state index in [2.05, 4.69) is 5.32 Å². The minimum atomic E-state index is -0.951. The maximum atomic E-state index is 13.6. The molecule has 3 rings (SSSR count). The number of hydrogen-bond acceptors (Lipinski definition) is 3. The fourth-order valence-electron chi connectivity index (χ4n) is 3.36. The van der Waals surface area contributed by atoms with Gasteiger partial charge in [0.15, 0.2) is 0 Å². The predicted molar refractivity (Wildman–Crippen MR) is 112 cm³/mol. The van der Waals surface area contributed by atoms with Gasteiger partial charge in [-0.15, -0.1) is 0 Å². The summed E-state index contributed by atoms with van der Waals surface area (Å²) in [5, 5.41) is 2.54. The number of amides is 3. The Kier molecular flexibility index (Phi) is 7.74. The summed E-state index contributed by atoms with van der Waals surface area (Å²) < 4.78 is 39.7. The van der Waals surface area contributed by atoms with Gasteiger partial charge in [0.05, 0.1) is 16.1 Å². The monoisotopic (exact) mass is 467 g/mol. The highest BCUT2D eigenvalue weighted by atomic mass is 35.5. The van der Waals surface area contributed by atoms with Crippen molar-refractivity contribution < 1.29 is 27.6 Å². The van der Waals surface area contributed by atoms with Crippen molar-refractivity contribution in [3.63, 3.8) is 0 Å². The number of benzene rings is 2. The Hall–Kier alpha value is -3.07. The van der Waals surface area contributed by atoms with Gasteiger partial charge in [-0.25, -0.2) is 13.2 Å². The Morgan fingerprint density at radius 2 is 1.47 bits per heavy atom. The van der Waals surface area contributed by atoms with E-state index in [1.165, 1.54) is 12.1 Å². The van der Waals surface area contributed by atoms with E-state index in [9.17, 15) is 27.6 Å². The van der Waals surface area contributed by atoms with Crippen molar-refractivity contribution in [1.82, 2.24) is 15.1 Å². The molecule has 2 aromatic carbocycles. The van der Waals surface area contributed by atoms with Crippen molar-refractivity contribution in [2.45, 2.75) is 12.8 Å². The van der Waals surface area contributed by atoms with Gasteiger partial charge in [-0.1, -0.05) is 11.6 Å². The van der Waals surface area contributed by atoms with Crippen LogP contribution in [0.15, 0.2) is 36.4 Å². The predicted octanol–water partition coefficient (Wildman–Crippen LogP) is 3.25. The van der Waals surface area contributed by atoms with Crippen LogP contribution in [0.5, 0.6) is 0 Å². The quantitative estimate of drug-likeness (QED) is 0.663. The van der Waals surface area contributed by atoms with Gasteiger partial charge in [-0.3, -0.25) is 14.4 Å². The van der Waals surface area contributed by atoms with E-state index >= 15 is 0 Å². The number of nitrogens with one attached hydrogen (secondary N) is 1. The first kappa shape index (κ1) is 23.6. The van der Waals surface area contributed by atoms with Crippen molar-refractivity contribution in [2.75, 3.05) is 32.7 Å². The van der Waals surface area contributed by atoms with Gasteiger partial charge >= 0.3 is 0 Å². The Morgan fingerprint density at radius 3 is 2.09 bits per heavy atom. The molecule has 1 aliphatic rings. The van der Waals surface area contributed by atoms with Crippen LogP contribution in [-0.2, 0) is 4.79 Å². The van der Waals surface area contributed by atoms with Crippen LogP contribution in [0.1, 0.15) is 33.6 Å². The number of carbonyl (C=O) groups excluding carboxylic acids is 3. The molecule has 1 heterocycles. The number of piperazine rings is 1. The van der Waals surface area contributed by atoms with E-state index in [0.29, 0.717) is 38.7 Å². The standard InChI is InChI=1S/C22H21ClF3N3O3/c23-18-12-14(24)3-5-16(18)22(32)29-10-8-28(9-11-29)20(30)2-1-7-27-21(31)17-6-4-15(25)13-19(17)26/h3-6,12-13H,1-2,7-11H2,(H,27,31). The molecule has 0 radical (unpaired) electrons. The lowest BCUT2D eigenvalue weighted by Gasteiger charge is -2.35. The zero-order chi connectivity index (χ0) is 23.3. The molecule has 32 heavy (non-hydrogen) atoms.